The maximum absolute atomic E-state index is 10.7. The van der Waals surface area contributed by atoms with E-state index in [1.54, 1.807) is 6.92 Å². The fourth-order valence-corrected chi connectivity index (χ4v) is 2.49. The van der Waals surface area contributed by atoms with E-state index < -0.39 is 5.97 Å². The highest BCUT2D eigenvalue weighted by Gasteiger charge is 2.09. The van der Waals surface area contributed by atoms with Gasteiger partial charge in [-0.1, -0.05) is 37.7 Å². The van der Waals surface area contributed by atoms with Crippen molar-refractivity contribution in [1.82, 2.24) is 5.32 Å². The van der Waals surface area contributed by atoms with Crippen molar-refractivity contribution in [2.75, 3.05) is 6.54 Å². The zero-order chi connectivity index (χ0) is 15.7. The Bertz CT molecular complexity index is 462. The summed E-state index contributed by atoms with van der Waals surface area (Å²) in [5.41, 5.74) is 1.30. The Hall–Kier alpha value is -0.690. The minimum absolute atomic E-state index is 0.252. The van der Waals surface area contributed by atoms with Gasteiger partial charge in [0.15, 0.2) is 0 Å². The second kappa shape index (κ2) is 10.1. The lowest BCUT2D eigenvalue weighted by atomic mass is 10.0. The molecule has 116 valence electrons. The lowest BCUT2D eigenvalue weighted by Gasteiger charge is -2.09. The van der Waals surface area contributed by atoms with Crippen LogP contribution >= 0.6 is 34.8 Å². The molecule has 0 aromatic heterocycles. The van der Waals surface area contributed by atoms with E-state index in [-0.39, 0.29) is 5.92 Å². The summed E-state index contributed by atoms with van der Waals surface area (Å²) in [5, 5.41) is 12.0. The Labute approximate surface area is 145 Å². The van der Waals surface area contributed by atoms with E-state index in [1.807, 2.05) is 0 Å². The third-order valence-electron chi connectivity index (χ3n) is 3.36. The molecule has 1 atom stereocenters. The highest BCUT2D eigenvalue weighted by Crippen LogP contribution is 2.09. The van der Waals surface area contributed by atoms with Gasteiger partial charge in [-0.2, -0.15) is 0 Å². The SMILES string of the molecule is C[C@@H](CCCCNC(=S)CCc1ccc([124I])cc1)C(=O)O. The fraction of sp³-hybridized carbons (Fsp3) is 0.500. The van der Waals surface area contributed by atoms with E-state index >= 15 is 0 Å². The van der Waals surface area contributed by atoms with Gasteiger partial charge in [-0.15, -0.1) is 0 Å². The third kappa shape index (κ3) is 8.36. The molecule has 0 saturated carbocycles. The van der Waals surface area contributed by atoms with Crippen molar-refractivity contribution in [3.05, 3.63) is 33.4 Å². The van der Waals surface area contributed by atoms with Gasteiger partial charge in [-0.05, 0) is 59.5 Å². The largest absolute Gasteiger partial charge is 0.481 e. The lowest BCUT2D eigenvalue weighted by molar-refractivity contribution is -0.141. The second-order valence-corrected chi connectivity index (χ2v) is 6.95. The van der Waals surface area contributed by atoms with Crippen LogP contribution in [-0.2, 0) is 11.2 Å². The van der Waals surface area contributed by atoms with E-state index in [0.717, 1.165) is 43.6 Å². The van der Waals surface area contributed by atoms with Gasteiger partial charge in [0.2, 0.25) is 0 Å². The standard InChI is InChI=1S/C16H22INO2S/c1-12(16(19)20)4-2-3-11-18-15(21)10-7-13-5-8-14(17)9-6-13/h5-6,8-9,12H,2-4,7,10-11H2,1H3,(H,18,21)(H,19,20)/t12-/m0/s1/i17-3. The molecule has 1 aromatic rings. The van der Waals surface area contributed by atoms with E-state index in [4.69, 9.17) is 17.3 Å². The molecule has 21 heavy (non-hydrogen) atoms. The first-order chi connectivity index (χ1) is 9.99. The van der Waals surface area contributed by atoms with Gasteiger partial charge in [-0.3, -0.25) is 4.79 Å². The van der Waals surface area contributed by atoms with Gasteiger partial charge in [0.05, 0.1) is 10.9 Å². The first kappa shape index (κ1) is 18.4. The summed E-state index contributed by atoms with van der Waals surface area (Å²) in [5.74, 6) is -0.964. The summed E-state index contributed by atoms with van der Waals surface area (Å²) in [6.07, 6.45) is 4.42. The summed E-state index contributed by atoms with van der Waals surface area (Å²) >= 11 is 7.61. The minimum atomic E-state index is -0.712. The molecule has 0 bridgehead atoms. The second-order valence-electron chi connectivity index (χ2n) is 5.21. The maximum atomic E-state index is 10.7. The average molecular weight is 416 g/mol. The van der Waals surface area contributed by atoms with Crippen molar-refractivity contribution in [1.29, 1.82) is 0 Å². The molecule has 0 radical (unpaired) electrons. The van der Waals surface area contributed by atoms with Crippen LogP contribution in [0, 0.1) is 9.49 Å². The Kier molecular flexibility index (Phi) is 8.84. The monoisotopic (exact) mass is 416 g/mol. The number of thiocarbonyl (C=S) groups is 1. The smallest absolute Gasteiger partial charge is 0.306 e. The molecule has 0 unspecified atom stereocenters. The van der Waals surface area contributed by atoms with Crippen LogP contribution in [0.3, 0.4) is 0 Å². The number of nitrogens with one attached hydrogen (secondary N) is 1. The van der Waals surface area contributed by atoms with E-state index in [9.17, 15) is 4.79 Å². The van der Waals surface area contributed by atoms with Crippen LogP contribution in [0.1, 0.15) is 38.2 Å². The molecule has 0 aliphatic carbocycles. The van der Waals surface area contributed by atoms with Gasteiger partial charge in [0.25, 0.3) is 0 Å². The van der Waals surface area contributed by atoms with Crippen LogP contribution in [-0.4, -0.2) is 22.6 Å². The molecule has 2 N–H and O–H groups in total. The molecule has 1 aromatic carbocycles. The van der Waals surface area contributed by atoms with Gasteiger partial charge in [-0.25, -0.2) is 0 Å². The number of rotatable bonds is 9. The van der Waals surface area contributed by atoms with E-state index in [0.29, 0.717) is 0 Å². The highest BCUT2D eigenvalue weighted by atomic mass is 124. The summed E-state index contributed by atoms with van der Waals surface area (Å²) in [6, 6.07) is 8.49. The predicted molar refractivity (Wildman–Crippen MR) is 98.7 cm³/mol. The number of hydrogen-bond donors (Lipinski definition) is 2. The molecule has 0 amide bonds. The highest BCUT2D eigenvalue weighted by molar-refractivity contribution is 14.1. The number of aliphatic carboxylic acids is 1. The summed E-state index contributed by atoms with van der Waals surface area (Å²) in [4.78, 5) is 11.6. The van der Waals surface area contributed by atoms with Crippen molar-refractivity contribution in [2.45, 2.75) is 39.0 Å². The molecule has 0 fully saturated rings. The molecule has 0 aliphatic rings. The van der Waals surface area contributed by atoms with E-state index in [2.05, 4.69) is 52.2 Å². The molecule has 0 aliphatic heterocycles. The summed E-state index contributed by atoms with van der Waals surface area (Å²) in [7, 11) is 0. The van der Waals surface area contributed by atoms with Gasteiger partial charge >= 0.3 is 5.97 Å². The Morgan fingerprint density at radius 1 is 1.33 bits per heavy atom. The zero-order valence-electron chi connectivity index (χ0n) is 12.3. The van der Waals surface area contributed by atoms with Crippen LogP contribution in [0.2, 0.25) is 0 Å². The van der Waals surface area contributed by atoms with Crippen LogP contribution < -0.4 is 5.32 Å². The molecule has 5 heteroatoms. The average Bonchev–Trinajstić information content (AvgIpc) is 2.46. The molecule has 3 nitrogen and oxygen atoms in total. The van der Waals surface area contributed by atoms with Gasteiger partial charge in [0, 0.05) is 16.5 Å². The predicted octanol–water partition coefficient (Wildman–Crippen LogP) is 4.03. The summed E-state index contributed by atoms with van der Waals surface area (Å²) < 4.78 is 1.24. The van der Waals surface area contributed by atoms with Crippen molar-refractivity contribution in [3.63, 3.8) is 0 Å². The first-order valence-corrected chi connectivity index (χ1v) is 8.71. The molecule has 0 saturated heterocycles. The van der Waals surface area contributed by atoms with Crippen LogP contribution in [0.4, 0.5) is 0 Å². The number of carbonyl (C=O) groups is 1. The van der Waals surface area contributed by atoms with Crippen molar-refractivity contribution < 1.29 is 9.90 Å². The lowest BCUT2D eigenvalue weighted by Crippen LogP contribution is -2.23. The number of carboxylic acids is 1. The van der Waals surface area contributed by atoms with Crippen LogP contribution in [0.5, 0.6) is 0 Å². The quantitative estimate of drug-likeness (QED) is 0.363. The molecular formula is C16H22INO2S. The van der Waals surface area contributed by atoms with Crippen molar-refractivity contribution in [3.8, 4) is 0 Å². The topological polar surface area (TPSA) is 49.3 Å². The maximum Gasteiger partial charge on any atom is 0.306 e. The van der Waals surface area contributed by atoms with Gasteiger partial charge in [0.1, 0.15) is 0 Å². The zero-order valence-corrected chi connectivity index (χ0v) is 15.2. The van der Waals surface area contributed by atoms with E-state index in [1.165, 1.54) is 9.13 Å². The number of halogens is 1. The number of benzene rings is 1. The number of hydrogen-bond acceptors (Lipinski definition) is 2. The number of carboxylic acid groups (broad SMARTS) is 1. The van der Waals surface area contributed by atoms with Crippen LogP contribution in [0.25, 0.3) is 0 Å². The minimum Gasteiger partial charge on any atom is -0.481 e. The number of unbranched alkanes of at least 4 members (excludes halogenated alkanes) is 1. The van der Waals surface area contributed by atoms with Crippen molar-refractivity contribution >= 4 is 45.8 Å². The van der Waals surface area contributed by atoms with Gasteiger partial charge < -0.3 is 10.4 Å². The Balaban J connectivity index is 2.09. The fourth-order valence-electron chi connectivity index (χ4n) is 1.92. The third-order valence-corrected chi connectivity index (χ3v) is 4.43. The molecule has 0 heterocycles. The molecule has 0 spiro atoms. The Morgan fingerprint density at radius 3 is 2.62 bits per heavy atom. The Morgan fingerprint density at radius 2 is 2.00 bits per heavy atom. The molecule has 1 rings (SSSR count). The molecular weight excluding hydrogens is 394 g/mol. The normalized spacial score (nSPS) is 11.9. The summed E-state index contributed by atoms with van der Waals surface area (Å²) in [6.45, 7) is 2.58. The van der Waals surface area contributed by atoms with Crippen molar-refractivity contribution in [2.24, 2.45) is 5.92 Å². The number of aryl methyl sites for hydroxylation is 1. The van der Waals surface area contributed by atoms with Crippen LogP contribution in [0.15, 0.2) is 24.3 Å². The first-order valence-electron chi connectivity index (χ1n) is 7.23.